The van der Waals surface area contributed by atoms with Gasteiger partial charge in [0.15, 0.2) is 59.8 Å². The van der Waals surface area contributed by atoms with Crippen LogP contribution in [0.2, 0.25) is 0 Å². The highest BCUT2D eigenvalue weighted by atomic mass is 31.2. The summed E-state index contributed by atoms with van der Waals surface area (Å²) in [5, 5.41) is 10.4. The number of H-pyrrole nitrogens is 1. The largest absolute Gasteiger partial charge is 0.534 e. The van der Waals surface area contributed by atoms with Gasteiger partial charge in [-0.15, -0.1) is 0 Å². The van der Waals surface area contributed by atoms with Gasteiger partial charge in [0.05, 0.1) is 19.3 Å². The van der Waals surface area contributed by atoms with Gasteiger partial charge in [-0.05, 0) is 4.57 Å². The average Bonchev–Trinajstić information content (AvgIpc) is 3.73. The van der Waals surface area contributed by atoms with Crippen LogP contribution in [0, 0.1) is 0 Å². The van der Waals surface area contributed by atoms with Crippen molar-refractivity contribution in [3.05, 3.63) is 29.3 Å². The predicted octanol–water partition coefficient (Wildman–Crippen LogP) is -0.876. The Bertz CT molecular complexity index is 1860. The minimum atomic E-state index is -5.29. The number of nitrogens with zero attached hydrogens (tertiary/aromatic N) is 7. The lowest BCUT2D eigenvalue weighted by atomic mass is 10.1. The second-order valence-corrected chi connectivity index (χ2v) is 12.0. The summed E-state index contributed by atoms with van der Waals surface area (Å²) >= 11 is 0. The fraction of sp³-hybridized carbons (Fsp3) is 0.500. The molecule has 6 rings (SSSR count). The summed E-state index contributed by atoms with van der Waals surface area (Å²) in [7, 11) is -8.18. The lowest BCUT2D eigenvalue weighted by molar-refractivity contribution is -0.156. The topological polar surface area (TPSA) is 300 Å². The summed E-state index contributed by atoms with van der Waals surface area (Å²) < 4.78 is 82.9. The molecule has 2 aliphatic heterocycles. The molecular formula is C20H23F2N10O11P2+. The van der Waals surface area contributed by atoms with Crippen LogP contribution in [-0.2, 0) is 32.4 Å². The summed E-state index contributed by atoms with van der Waals surface area (Å²) in [6.07, 6.45) is -12.6. The monoisotopic (exact) mass is 679 g/mol. The Morgan fingerprint density at radius 1 is 1.07 bits per heavy atom. The van der Waals surface area contributed by atoms with E-state index in [9.17, 15) is 23.9 Å². The molecule has 0 spiro atoms. The molecule has 0 bridgehead atoms. The van der Waals surface area contributed by atoms with Crippen LogP contribution in [0.1, 0.15) is 12.5 Å². The first-order valence-corrected chi connectivity index (χ1v) is 15.6. The summed E-state index contributed by atoms with van der Waals surface area (Å²) in [6.45, 7) is -0.919. The number of aliphatic hydroxyl groups is 1. The number of phosphoric acid groups is 1. The molecule has 2 saturated heterocycles. The number of halogens is 2. The molecule has 0 aliphatic carbocycles. The molecule has 4 aromatic rings. The predicted molar refractivity (Wildman–Crippen MR) is 142 cm³/mol. The number of aromatic nitrogens is 8. The quantitative estimate of drug-likeness (QED) is 0.111. The van der Waals surface area contributed by atoms with E-state index in [4.69, 9.17) is 39.6 Å². The zero-order valence-corrected chi connectivity index (χ0v) is 24.1. The number of nitrogen functional groups attached to an aromatic ring is 2. The minimum absolute atomic E-state index is 0.0128. The van der Waals surface area contributed by atoms with Gasteiger partial charge >= 0.3 is 15.9 Å². The first kappa shape index (κ1) is 31.4. The number of ether oxygens (including phenoxy) is 3. The lowest BCUT2D eigenvalue weighted by Crippen LogP contribution is -2.33. The summed E-state index contributed by atoms with van der Waals surface area (Å²) in [5.74, 6) is -0.333. The van der Waals surface area contributed by atoms with Gasteiger partial charge in [0, 0.05) is 0 Å². The molecule has 242 valence electrons. The van der Waals surface area contributed by atoms with Crippen LogP contribution < -0.4 is 17.0 Å². The molecule has 0 aromatic carbocycles. The van der Waals surface area contributed by atoms with Gasteiger partial charge in [0.25, 0.3) is 11.9 Å². The van der Waals surface area contributed by atoms with Crippen molar-refractivity contribution in [3.63, 3.8) is 0 Å². The number of hydrogen-bond acceptors (Lipinski definition) is 16. The van der Waals surface area contributed by atoms with Gasteiger partial charge in [0.1, 0.15) is 24.1 Å². The maximum absolute atomic E-state index is 15.5. The molecule has 2 fully saturated rings. The number of anilines is 2. The molecule has 2 unspecified atom stereocenters. The van der Waals surface area contributed by atoms with Gasteiger partial charge in [-0.2, -0.15) is 9.88 Å². The van der Waals surface area contributed by atoms with Crippen LogP contribution in [-0.4, -0.2) is 104 Å². The third-order valence-corrected chi connectivity index (χ3v) is 8.17. The Labute approximate surface area is 248 Å². The molecule has 25 heteroatoms. The van der Waals surface area contributed by atoms with Gasteiger partial charge in [-0.3, -0.25) is 28.0 Å². The van der Waals surface area contributed by atoms with E-state index in [0.717, 1.165) is 28.1 Å². The van der Waals surface area contributed by atoms with Gasteiger partial charge in [0.2, 0.25) is 5.95 Å². The molecule has 6 heterocycles. The number of fused-ring (bicyclic) bond motifs is 2. The Kier molecular flexibility index (Phi) is 8.33. The van der Waals surface area contributed by atoms with E-state index >= 15 is 8.78 Å². The normalized spacial score (nSPS) is 30.3. The third-order valence-electron chi connectivity index (χ3n) is 6.81. The molecule has 10 atom stereocenters. The number of alkyl halides is 2. The second kappa shape index (κ2) is 11.9. The number of phosphoric ester groups is 1. The standard InChI is InChI=1S/C20H22F2N10O11P2/c21-7-11(33)6(41-17(7)31-3-27-9-13(23)25-2-26-14(9)31)1-40-45(37,38)43-12-8(22)19(39-5-44(35)36)42-18(12)32-4-28-10-15(32)29-20(24)30-16(10)34/h2-4,6-8,11-12,17-19,33H,1,5H2,(H6-,23,24,25,26,29,30,34,35,36,37,38)/p+1/t6-,7+,8-,11+,12+,17-,18-,19+/m1/s1. The molecule has 0 amide bonds. The molecule has 2 aliphatic rings. The van der Waals surface area contributed by atoms with Crippen molar-refractivity contribution in [2.75, 3.05) is 24.4 Å². The summed E-state index contributed by atoms with van der Waals surface area (Å²) in [5.41, 5.74) is 10.3. The van der Waals surface area contributed by atoms with Gasteiger partial charge < -0.3 is 35.7 Å². The number of nitrogens with one attached hydrogen (secondary N) is 1. The van der Waals surface area contributed by atoms with Crippen LogP contribution in [0.4, 0.5) is 20.5 Å². The smallest absolute Gasteiger partial charge is 0.387 e. The van der Waals surface area contributed by atoms with E-state index in [0.29, 0.717) is 0 Å². The molecule has 45 heavy (non-hydrogen) atoms. The highest BCUT2D eigenvalue weighted by Gasteiger charge is 2.53. The second-order valence-electron chi connectivity index (χ2n) is 9.68. The number of aromatic amines is 1. The van der Waals surface area contributed by atoms with Crippen molar-refractivity contribution in [2.24, 2.45) is 0 Å². The van der Waals surface area contributed by atoms with Crippen molar-refractivity contribution in [2.45, 2.75) is 49.4 Å². The van der Waals surface area contributed by atoms with Crippen LogP contribution in [0.15, 0.2) is 23.8 Å². The fourth-order valence-electron chi connectivity index (χ4n) is 4.81. The van der Waals surface area contributed by atoms with E-state index in [2.05, 4.69) is 29.9 Å². The van der Waals surface area contributed by atoms with E-state index in [1.54, 1.807) is 0 Å². The lowest BCUT2D eigenvalue weighted by Gasteiger charge is -2.24. The summed E-state index contributed by atoms with van der Waals surface area (Å²) in [4.78, 5) is 53.6. The van der Waals surface area contributed by atoms with Crippen molar-refractivity contribution < 1.29 is 56.1 Å². The first-order chi connectivity index (χ1) is 21.3. The van der Waals surface area contributed by atoms with E-state index in [1.165, 1.54) is 0 Å². The maximum Gasteiger partial charge on any atom is 0.534 e. The van der Waals surface area contributed by atoms with Crippen molar-refractivity contribution in [3.8, 4) is 0 Å². The summed E-state index contributed by atoms with van der Waals surface area (Å²) in [6, 6.07) is 0. The Hall–Kier alpha value is -3.63. The highest BCUT2D eigenvalue weighted by Crippen LogP contribution is 2.51. The van der Waals surface area contributed by atoms with Crippen molar-refractivity contribution in [1.29, 1.82) is 0 Å². The zero-order chi connectivity index (χ0) is 32.2. The first-order valence-electron chi connectivity index (χ1n) is 12.7. The SMILES string of the molecule is Nc1nc2c(ncn2[C@@H]2O[C@H](OC[P+](=O)O)[C@H](F)[C@@H]2OP(=O)(O)OC[C@H]2O[C@@H](n3cnc4c(N)ncnc43)[C@@H](F)[C@H]2O)c(=O)[nH]1. The number of hydrogen-bond donors (Lipinski definition) is 6. The van der Waals surface area contributed by atoms with Gasteiger partial charge in [-0.1, -0.05) is 0 Å². The molecule has 0 saturated carbocycles. The zero-order valence-electron chi connectivity index (χ0n) is 22.3. The third kappa shape index (κ3) is 5.90. The van der Waals surface area contributed by atoms with Crippen LogP contribution in [0.25, 0.3) is 22.3 Å². The van der Waals surface area contributed by atoms with Crippen molar-refractivity contribution in [1.82, 2.24) is 39.0 Å². The molecular weight excluding hydrogens is 656 g/mol. The van der Waals surface area contributed by atoms with E-state index in [-0.39, 0.29) is 34.1 Å². The van der Waals surface area contributed by atoms with Gasteiger partial charge in [-0.25, -0.2) is 33.3 Å². The number of imidazole rings is 2. The van der Waals surface area contributed by atoms with Crippen LogP contribution >= 0.6 is 15.9 Å². The van der Waals surface area contributed by atoms with Crippen molar-refractivity contribution >= 4 is 49.9 Å². The van der Waals surface area contributed by atoms with Crippen LogP contribution in [0.3, 0.4) is 0 Å². The maximum atomic E-state index is 15.5. The molecule has 21 nitrogen and oxygen atoms in total. The number of rotatable bonds is 10. The molecule has 0 radical (unpaired) electrons. The number of aliphatic hydroxyl groups excluding tert-OH is 1. The Morgan fingerprint density at radius 3 is 2.51 bits per heavy atom. The Morgan fingerprint density at radius 2 is 1.78 bits per heavy atom. The Balaban J connectivity index is 1.20. The minimum Gasteiger partial charge on any atom is -0.387 e. The highest BCUT2D eigenvalue weighted by molar-refractivity contribution is 7.47. The molecule has 4 aromatic heterocycles. The molecule has 8 N–H and O–H groups in total. The van der Waals surface area contributed by atoms with E-state index < -0.39 is 83.8 Å². The van der Waals surface area contributed by atoms with E-state index in [1.807, 2.05) is 0 Å². The van der Waals surface area contributed by atoms with Crippen LogP contribution in [0.5, 0.6) is 0 Å². The average molecular weight is 679 g/mol. The number of nitrogens with two attached hydrogens (primary N) is 2. The fourth-order valence-corrected chi connectivity index (χ4v) is 6.01.